The Bertz CT molecular complexity index is 1120. The largest absolute Gasteiger partial charge is 0.507 e. The van der Waals surface area contributed by atoms with Gasteiger partial charge in [-0.25, -0.2) is 0 Å². The van der Waals surface area contributed by atoms with Crippen molar-refractivity contribution in [3.8, 4) is 5.75 Å². The number of aromatic nitrogens is 1. The Morgan fingerprint density at radius 1 is 1.14 bits per heavy atom. The van der Waals surface area contributed by atoms with Crippen LogP contribution in [0.25, 0.3) is 6.08 Å². The van der Waals surface area contributed by atoms with Crippen LogP contribution in [0.1, 0.15) is 94.2 Å². The van der Waals surface area contributed by atoms with Gasteiger partial charge in [0.2, 0.25) is 0 Å². The molecule has 3 rings (SSSR count). The first-order valence-electron chi connectivity index (χ1n) is 12.6. The minimum absolute atomic E-state index is 0. The van der Waals surface area contributed by atoms with E-state index in [1.54, 1.807) is 0 Å². The van der Waals surface area contributed by atoms with Crippen molar-refractivity contribution in [2.45, 2.75) is 79.1 Å². The Kier molecular flexibility index (Phi) is 9.33. The number of likely N-dealkylation sites (tertiary alicyclic amines) is 1. The van der Waals surface area contributed by atoms with Gasteiger partial charge in [-0.1, -0.05) is 61.0 Å². The minimum Gasteiger partial charge on any atom is -0.507 e. The van der Waals surface area contributed by atoms with Gasteiger partial charge in [0.25, 0.3) is 0 Å². The number of hydrogen-bond acceptors (Lipinski definition) is 4. The van der Waals surface area contributed by atoms with Gasteiger partial charge in [-0.15, -0.1) is 17.0 Å². The van der Waals surface area contributed by atoms with E-state index in [1.165, 1.54) is 0 Å². The Labute approximate surface area is 227 Å². The number of phenols is 1. The molecule has 0 radical (unpaired) electrons. The lowest BCUT2D eigenvalue weighted by molar-refractivity contribution is 0.0963. The number of hydrogen-bond donors (Lipinski definition) is 2. The van der Waals surface area contributed by atoms with Crippen LogP contribution in [0, 0.1) is 18.3 Å². The van der Waals surface area contributed by atoms with Crippen molar-refractivity contribution < 1.29 is 9.90 Å². The van der Waals surface area contributed by atoms with Gasteiger partial charge < -0.3 is 10.0 Å². The molecule has 1 fully saturated rings. The van der Waals surface area contributed by atoms with E-state index in [9.17, 15) is 9.90 Å². The fourth-order valence-corrected chi connectivity index (χ4v) is 4.76. The molecule has 0 aliphatic carbocycles. The van der Waals surface area contributed by atoms with Gasteiger partial charge in [-0.2, -0.15) is 0 Å². The van der Waals surface area contributed by atoms with E-state index in [2.05, 4.69) is 11.9 Å². The quantitative estimate of drug-likeness (QED) is 0.368. The van der Waals surface area contributed by atoms with Crippen LogP contribution in [0.5, 0.6) is 5.75 Å². The maximum absolute atomic E-state index is 13.5. The fraction of sp³-hybridized carbons (Fsp3) is 0.500. The van der Waals surface area contributed by atoms with Crippen LogP contribution in [0.3, 0.4) is 0 Å². The maximum atomic E-state index is 13.5. The van der Waals surface area contributed by atoms with Crippen LogP contribution in [-0.2, 0) is 10.8 Å². The molecule has 1 saturated heterocycles. The molecule has 1 unspecified atom stereocenters. The predicted molar refractivity (Wildman–Crippen MR) is 155 cm³/mol. The van der Waals surface area contributed by atoms with Crippen molar-refractivity contribution in [2.75, 3.05) is 13.1 Å². The summed E-state index contributed by atoms with van der Waals surface area (Å²) in [5.74, 6) is 0.856. The third kappa shape index (κ3) is 6.64. The van der Waals surface area contributed by atoms with Crippen molar-refractivity contribution in [1.29, 1.82) is 5.41 Å². The highest BCUT2D eigenvalue weighted by molar-refractivity contribution is 8.93. The van der Waals surface area contributed by atoms with E-state index in [0.29, 0.717) is 17.9 Å². The summed E-state index contributed by atoms with van der Waals surface area (Å²) in [5, 5.41) is 19.9. The smallest absolute Gasteiger partial charge is 0.182 e. The number of benzene rings is 1. The fourth-order valence-electron chi connectivity index (χ4n) is 4.76. The lowest BCUT2D eigenvalue weighted by Gasteiger charge is -2.28. The molecule has 1 aromatic heterocycles. The first-order valence-corrected chi connectivity index (χ1v) is 12.6. The van der Waals surface area contributed by atoms with E-state index in [1.807, 2.05) is 89.8 Å². The van der Waals surface area contributed by atoms with Gasteiger partial charge in [0, 0.05) is 40.4 Å². The summed E-state index contributed by atoms with van der Waals surface area (Å²) in [6.07, 6.45) is 3.99. The van der Waals surface area contributed by atoms with E-state index in [-0.39, 0.29) is 51.8 Å². The number of carbonyl (C=O) groups is 1. The second-order valence-electron chi connectivity index (χ2n) is 11.9. The lowest BCUT2D eigenvalue weighted by atomic mass is 9.78. The average Bonchev–Trinajstić information content (AvgIpc) is 3.01. The Balaban J connectivity index is 0.00000456. The molecule has 5 nitrogen and oxygen atoms in total. The van der Waals surface area contributed by atoms with E-state index in [0.717, 1.165) is 40.9 Å². The Morgan fingerprint density at radius 2 is 1.72 bits per heavy atom. The number of aromatic hydroxyl groups is 1. The van der Waals surface area contributed by atoms with Gasteiger partial charge in [-0.05, 0) is 54.5 Å². The second-order valence-corrected chi connectivity index (χ2v) is 11.9. The highest BCUT2D eigenvalue weighted by Gasteiger charge is 2.34. The summed E-state index contributed by atoms with van der Waals surface area (Å²) in [7, 11) is 0. The zero-order chi connectivity index (χ0) is 26.1. The third-order valence-electron chi connectivity index (χ3n) is 6.70. The molecule has 1 atom stereocenters. The molecule has 0 spiro atoms. The Hall–Kier alpha value is -2.47. The molecule has 2 N–H and O–H groups in total. The molecule has 6 heteroatoms. The molecule has 0 bridgehead atoms. The number of amidine groups is 1. The summed E-state index contributed by atoms with van der Waals surface area (Å²) >= 11 is 0. The van der Waals surface area contributed by atoms with E-state index < -0.39 is 0 Å². The van der Waals surface area contributed by atoms with Gasteiger partial charge >= 0.3 is 0 Å². The zero-order valence-corrected chi connectivity index (χ0v) is 24.7. The molecule has 2 heterocycles. The van der Waals surface area contributed by atoms with Crippen molar-refractivity contribution in [3.63, 3.8) is 0 Å². The number of halogens is 1. The van der Waals surface area contributed by atoms with Crippen molar-refractivity contribution in [1.82, 2.24) is 9.88 Å². The van der Waals surface area contributed by atoms with Gasteiger partial charge in [-0.3, -0.25) is 15.2 Å². The molecule has 196 valence electrons. The van der Waals surface area contributed by atoms with Crippen LogP contribution >= 0.6 is 17.0 Å². The molecule has 0 saturated carbocycles. The summed E-state index contributed by atoms with van der Waals surface area (Å²) in [6, 6.07) is 9.58. The minimum atomic E-state index is -0.302. The normalized spacial score (nSPS) is 17.4. The molecule has 0 amide bonds. The van der Waals surface area contributed by atoms with Crippen LogP contribution < -0.4 is 0 Å². The summed E-state index contributed by atoms with van der Waals surface area (Å²) in [6.45, 7) is 17.2. The number of ketones is 1. The first kappa shape index (κ1) is 29.8. The average molecular weight is 557 g/mol. The number of phenolic OH excluding ortho intramolecular Hbond substituents is 1. The second kappa shape index (κ2) is 11.3. The van der Waals surface area contributed by atoms with E-state index >= 15 is 0 Å². The third-order valence-corrected chi connectivity index (χ3v) is 6.70. The topological polar surface area (TPSA) is 77.3 Å². The van der Waals surface area contributed by atoms with Crippen LogP contribution in [0.15, 0.2) is 35.9 Å². The number of nitrogens with zero attached hydrogens (tertiary/aromatic N) is 2. The summed E-state index contributed by atoms with van der Waals surface area (Å²) in [4.78, 5) is 20.0. The number of pyridine rings is 1. The SMILES string of the molecule is Br.CCCC1CN(CC(=O)c2cc(C(C)(C)C)c(O)c(C(C)(C)C)c2)C(=N)C1=Cc1cccc(C)n1. The summed E-state index contributed by atoms with van der Waals surface area (Å²) in [5.41, 5.74) is 4.29. The van der Waals surface area contributed by atoms with E-state index in [4.69, 9.17) is 5.41 Å². The standard InChI is InChI=1S/C30H41N3O2.BrH/c1-9-11-20-17-33(28(31)23(20)16-22-13-10-12-19(2)32-22)18-26(34)21-14-24(29(3,4)5)27(35)25(15-21)30(6,7)8;/h10,12-16,20,31,35H,9,11,17-18H2,1-8H3;1H. The molecule has 1 aromatic carbocycles. The molecule has 1 aliphatic heterocycles. The predicted octanol–water partition coefficient (Wildman–Crippen LogP) is 7.24. The molecular formula is C30H42BrN3O2. The Morgan fingerprint density at radius 3 is 2.22 bits per heavy atom. The molecule has 36 heavy (non-hydrogen) atoms. The van der Waals surface area contributed by atoms with Crippen LogP contribution in [0.4, 0.5) is 0 Å². The maximum Gasteiger partial charge on any atom is 0.182 e. The van der Waals surface area contributed by atoms with Gasteiger partial charge in [0.05, 0.1) is 12.2 Å². The zero-order valence-electron chi connectivity index (χ0n) is 23.0. The van der Waals surface area contributed by atoms with Gasteiger partial charge in [0.15, 0.2) is 5.78 Å². The first-order chi connectivity index (χ1) is 16.2. The number of Topliss-reactive ketones (excluding diaryl/α,β-unsaturated/α-hetero) is 1. The molecule has 2 aromatic rings. The monoisotopic (exact) mass is 555 g/mol. The number of nitrogens with one attached hydrogen (secondary N) is 1. The number of carbonyl (C=O) groups excluding carboxylic acids is 1. The van der Waals surface area contributed by atoms with Crippen molar-refractivity contribution in [3.05, 3.63) is 64.0 Å². The number of aryl methyl sites for hydroxylation is 1. The molecule has 1 aliphatic rings. The molecular weight excluding hydrogens is 514 g/mol. The van der Waals surface area contributed by atoms with Crippen molar-refractivity contribution >= 4 is 34.7 Å². The highest BCUT2D eigenvalue weighted by Crippen LogP contribution is 2.40. The highest BCUT2D eigenvalue weighted by atomic mass is 79.9. The number of rotatable bonds is 6. The van der Waals surface area contributed by atoms with Crippen molar-refractivity contribution in [2.24, 2.45) is 5.92 Å². The van der Waals surface area contributed by atoms with Crippen LogP contribution in [-0.4, -0.2) is 39.7 Å². The lowest BCUT2D eigenvalue weighted by Crippen LogP contribution is -2.31. The van der Waals surface area contributed by atoms with Crippen LogP contribution in [0.2, 0.25) is 0 Å². The summed E-state index contributed by atoms with van der Waals surface area (Å²) < 4.78 is 0. The van der Waals surface area contributed by atoms with Gasteiger partial charge in [0.1, 0.15) is 11.6 Å².